The molecule has 0 bridgehead atoms. The minimum absolute atomic E-state index is 0.00820. The van der Waals surface area contributed by atoms with E-state index in [1.54, 1.807) is 12.1 Å². The molecule has 1 N–H and O–H groups in total. The summed E-state index contributed by atoms with van der Waals surface area (Å²) in [7, 11) is -3.53. The van der Waals surface area contributed by atoms with Crippen LogP contribution in [0.1, 0.15) is 53.3 Å². The molecule has 1 atom stereocenters. The summed E-state index contributed by atoms with van der Waals surface area (Å²) in [6.07, 6.45) is 1.77. The van der Waals surface area contributed by atoms with Crippen molar-refractivity contribution in [3.05, 3.63) is 24.0 Å². The number of amides is 1. The standard InChI is InChI=1S/C20H32N4O3S/c1-6-15(5)21-20(25)13-12-19-22-17-14-16(10-11-18(17)24(19)9-4)28(26,27)23(7-2)8-3/h10-11,14-15H,6-9,12-13H2,1-5H3,(H,21,25). The highest BCUT2D eigenvalue weighted by Gasteiger charge is 2.23. The maximum atomic E-state index is 12.8. The van der Waals surface area contributed by atoms with Gasteiger partial charge in [0.05, 0.1) is 15.9 Å². The Labute approximate surface area is 168 Å². The molecule has 0 aliphatic rings. The first-order chi connectivity index (χ1) is 13.3. The molecule has 2 rings (SSSR count). The number of nitrogens with one attached hydrogen (secondary N) is 1. The van der Waals surface area contributed by atoms with Gasteiger partial charge in [0.2, 0.25) is 15.9 Å². The molecule has 0 aliphatic carbocycles. The van der Waals surface area contributed by atoms with Crippen molar-refractivity contribution in [1.29, 1.82) is 0 Å². The number of hydrogen-bond donors (Lipinski definition) is 1. The average Bonchev–Trinajstić information content (AvgIpc) is 3.03. The summed E-state index contributed by atoms with van der Waals surface area (Å²) in [5.41, 5.74) is 1.53. The van der Waals surface area contributed by atoms with Gasteiger partial charge in [-0.05, 0) is 38.5 Å². The number of rotatable bonds is 10. The SMILES string of the molecule is CCC(C)NC(=O)CCc1nc2cc(S(=O)(=O)N(CC)CC)ccc2n1CC. The Morgan fingerprint density at radius 2 is 1.89 bits per heavy atom. The largest absolute Gasteiger partial charge is 0.354 e. The van der Waals surface area contributed by atoms with Crippen molar-refractivity contribution in [2.45, 2.75) is 71.4 Å². The third kappa shape index (κ3) is 4.72. The molecule has 1 aromatic carbocycles. The third-order valence-corrected chi connectivity index (χ3v) is 7.10. The van der Waals surface area contributed by atoms with Gasteiger partial charge in [0.15, 0.2) is 0 Å². The predicted molar refractivity (Wildman–Crippen MR) is 112 cm³/mol. The predicted octanol–water partition coefficient (Wildman–Crippen LogP) is 2.93. The molecular weight excluding hydrogens is 376 g/mol. The number of hydrogen-bond acceptors (Lipinski definition) is 4. The molecule has 7 nitrogen and oxygen atoms in total. The monoisotopic (exact) mass is 408 g/mol. The molecule has 1 heterocycles. The van der Waals surface area contributed by atoms with Gasteiger partial charge >= 0.3 is 0 Å². The van der Waals surface area contributed by atoms with Crippen molar-refractivity contribution in [3.8, 4) is 0 Å². The van der Waals surface area contributed by atoms with Gasteiger partial charge in [-0.3, -0.25) is 4.79 Å². The summed E-state index contributed by atoms with van der Waals surface area (Å²) in [5, 5.41) is 2.96. The van der Waals surface area contributed by atoms with Crippen molar-refractivity contribution >= 4 is 27.0 Å². The summed E-state index contributed by atoms with van der Waals surface area (Å²) in [4.78, 5) is 17.0. The van der Waals surface area contributed by atoms with E-state index in [2.05, 4.69) is 10.3 Å². The second-order valence-corrected chi connectivity index (χ2v) is 8.83. The molecule has 0 aliphatic heterocycles. The van der Waals surface area contributed by atoms with Crippen LogP contribution in [-0.4, -0.2) is 47.3 Å². The van der Waals surface area contributed by atoms with E-state index >= 15 is 0 Å². The lowest BCUT2D eigenvalue weighted by atomic mass is 10.2. The van der Waals surface area contributed by atoms with E-state index in [0.717, 1.165) is 17.8 Å². The number of carbonyl (C=O) groups is 1. The normalized spacial score (nSPS) is 13.2. The van der Waals surface area contributed by atoms with E-state index in [9.17, 15) is 13.2 Å². The molecule has 0 saturated heterocycles. The first-order valence-corrected chi connectivity index (χ1v) is 11.5. The third-order valence-electron chi connectivity index (χ3n) is 5.05. The quantitative estimate of drug-likeness (QED) is 0.655. The topological polar surface area (TPSA) is 84.3 Å². The highest BCUT2D eigenvalue weighted by atomic mass is 32.2. The second kappa shape index (κ2) is 9.52. The molecular formula is C20H32N4O3S. The van der Waals surface area contributed by atoms with Gasteiger partial charge in [0.25, 0.3) is 0 Å². The van der Waals surface area contributed by atoms with Crippen LogP contribution in [0.5, 0.6) is 0 Å². The second-order valence-electron chi connectivity index (χ2n) is 6.89. The molecule has 0 radical (unpaired) electrons. The van der Waals surface area contributed by atoms with E-state index in [-0.39, 0.29) is 16.8 Å². The zero-order valence-electron chi connectivity index (χ0n) is 17.5. The van der Waals surface area contributed by atoms with Crippen LogP contribution in [0.15, 0.2) is 23.1 Å². The van der Waals surface area contributed by atoms with Crippen LogP contribution in [-0.2, 0) is 27.8 Å². The van der Waals surface area contributed by atoms with E-state index < -0.39 is 10.0 Å². The van der Waals surface area contributed by atoms with Crippen LogP contribution in [0.4, 0.5) is 0 Å². The smallest absolute Gasteiger partial charge is 0.243 e. The zero-order valence-corrected chi connectivity index (χ0v) is 18.3. The summed E-state index contributed by atoms with van der Waals surface area (Å²) in [6.45, 7) is 11.3. The molecule has 1 unspecified atom stereocenters. The van der Waals surface area contributed by atoms with Crippen LogP contribution in [0, 0.1) is 0 Å². The van der Waals surface area contributed by atoms with Crippen molar-refractivity contribution in [3.63, 3.8) is 0 Å². The summed E-state index contributed by atoms with van der Waals surface area (Å²) in [5.74, 6) is 0.808. The highest BCUT2D eigenvalue weighted by molar-refractivity contribution is 7.89. The fraction of sp³-hybridized carbons (Fsp3) is 0.600. The van der Waals surface area contributed by atoms with Crippen LogP contribution >= 0.6 is 0 Å². The van der Waals surface area contributed by atoms with Crippen molar-refractivity contribution in [2.24, 2.45) is 0 Å². The lowest BCUT2D eigenvalue weighted by molar-refractivity contribution is -0.121. The molecule has 156 valence electrons. The Balaban J connectivity index is 2.31. The number of benzene rings is 1. The highest BCUT2D eigenvalue weighted by Crippen LogP contribution is 2.23. The summed E-state index contributed by atoms with van der Waals surface area (Å²) in [6, 6.07) is 5.25. The number of aromatic nitrogens is 2. The zero-order chi connectivity index (χ0) is 20.9. The molecule has 0 spiro atoms. The molecule has 1 aromatic heterocycles. The minimum atomic E-state index is -3.53. The molecule has 8 heteroatoms. The van der Waals surface area contributed by atoms with Crippen molar-refractivity contribution < 1.29 is 13.2 Å². The van der Waals surface area contributed by atoms with Crippen molar-refractivity contribution in [2.75, 3.05) is 13.1 Å². The van der Waals surface area contributed by atoms with Gasteiger partial charge in [-0.1, -0.05) is 20.8 Å². The lowest BCUT2D eigenvalue weighted by Gasteiger charge is -2.18. The number of fused-ring (bicyclic) bond motifs is 1. The number of imidazole rings is 1. The Bertz CT molecular complexity index is 917. The van der Waals surface area contributed by atoms with E-state index in [4.69, 9.17) is 0 Å². The van der Waals surface area contributed by atoms with Crippen LogP contribution in [0.3, 0.4) is 0 Å². The van der Waals surface area contributed by atoms with Crippen LogP contribution in [0.2, 0.25) is 0 Å². The number of nitrogens with zero attached hydrogens (tertiary/aromatic N) is 3. The molecule has 0 saturated carbocycles. The average molecular weight is 409 g/mol. The van der Waals surface area contributed by atoms with Gasteiger partial charge in [0.1, 0.15) is 5.82 Å². The van der Waals surface area contributed by atoms with Gasteiger partial charge in [0, 0.05) is 38.5 Å². The van der Waals surface area contributed by atoms with E-state index in [1.165, 1.54) is 4.31 Å². The minimum Gasteiger partial charge on any atom is -0.354 e. The van der Waals surface area contributed by atoms with Gasteiger partial charge in [-0.2, -0.15) is 4.31 Å². The lowest BCUT2D eigenvalue weighted by Crippen LogP contribution is -2.32. The van der Waals surface area contributed by atoms with Crippen molar-refractivity contribution in [1.82, 2.24) is 19.2 Å². The molecule has 2 aromatic rings. The molecule has 1 amide bonds. The fourth-order valence-corrected chi connectivity index (χ4v) is 4.73. The van der Waals surface area contributed by atoms with E-state index in [0.29, 0.717) is 38.0 Å². The van der Waals surface area contributed by atoms with Gasteiger partial charge < -0.3 is 9.88 Å². The molecule has 28 heavy (non-hydrogen) atoms. The fourth-order valence-electron chi connectivity index (χ4n) is 3.25. The van der Waals surface area contributed by atoms with E-state index in [1.807, 2.05) is 45.3 Å². The number of sulfonamides is 1. The first-order valence-electron chi connectivity index (χ1n) is 10.1. The first kappa shape index (κ1) is 22.4. The van der Waals surface area contributed by atoms with Crippen LogP contribution < -0.4 is 5.32 Å². The van der Waals surface area contributed by atoms with Crippen LogP contribution in [0.25, 0.3) is 11.0 Å². The van der Waals surface area contributed by atoms with Gasteiger partial charge in [-0.15, -0.1) is 0 Å². The maximum Gasteiger partial charge on any atom is 0.243 e. The Morgan fingerprint density at radius 1 is 1.21 bits per heavy atom. The number of aryl methyl sites for hydroxylation is 2. The number of carbonyl (C=O) groups excluding carboxylic acids is 1. The Morgan fingerprint density at radius 3 is 2.46 bits per heavy atom. The molecule has 0 fully saturated rings. The maximum absolute atomic E-state index is 12.8. The Kier molecular flexibility index (Phi) is 7.60. The summed E-state index contributed by atoms with van der Waals surface area (Å²) < 4.78 is 29.0. The van der Waals surface area contributed by atoms with Gasteiger partial charge in [-0.25, -0.2) is 13.4 Å². The Hall–Kier alpha value is -1.93. The summed E-state index contributed by atoms with van der Waals surface area (Å²) >= 11 is 0.